The monoisotopic (exact) mass is 306 g/mol. The summed E-state index contributed by atoms with van der Waals surface area (Å²) in [5.41, 5.74) is 5.06. The maximum absolute atomic E-state index is 6.23. The maximum Gasteiger partial charge on any atom is 0.148 e. The zero-order chi connectivity index (χ0) is 16.2. The van der Waals surface area contributed by atoms with E-state index in [1.807, 2.05) is 24.3 Å². The Balaban J connectivity index is 1.70. The van der Waals surface area contributed by atoms with Crippen molar-refractivity contribution in [1.82, 2.24) is 14.6 Å². The van der Waals surface area contributed by atoms with E-state index in [4.69, 9.17) is 5.84 Å². The summed E-state index contributed by atoms with van der Waals surface area (Å²) in [6, 6.07) is 7.91. The van der Waals surface area contributed by atoms with Crippen LogP contribution >= 0.6 is 0 Å². The zero-order valence-corrected chi connectivity index (χ0v) is 13.4. The Kier molecular flexibility index (Phi) is 2.92. The van der Waals surface area contributed by atoms with Crippen LogP contribution in [0.4, 0.5) is 0 Å². The van der Waals surface area contributed by atoms with Gasteiger partial charge in [0.1, 0.15) is 5.82 Å². The van der Waals surface area contributed by atoms with Crippen molar-refractivity contribution in [2.45, 2.75) is 32.2 Å². The third kappa shape index (κ3) is 1.81. The van der Waals surface area contributed by atoms with Crippen LogP contribution in [-0.4, -0.2) is 14.6 Å². The molecular weight excluding hydrogens is 284 g/mol. The van der Waals surface area contributed by atoms with Crippen molar-refractivity contribution in [3.05, 3.63) is 66.8 Å². The number of nitrogen functional groups attached to an aromatic ring is 1. The SMILES string of the molecule is C=C1C(=C)C2(CCCC2)C(=C)N1Cc1nc2ccccc2n1N. The lowest BCUT2D eigenvalue weighted by Gasteiger charge is -2.27. The molecule has 2 heterocycles. The molecule has 0 unspecified atom stereocenters. The van der Waals surface area contributed by atoms with Crippen molar-refractivity contribution < 1.29 is 0 Å². The number of fused-ring (bicyclic) bond motifs is 1. The summed E-state index contributed by atoms with van der Waals surface area (Å²) in [7, 11) is 0. The predicted octanol–water partition coefficient (Wildman–Crippen LogP) is 3.71. The number of imidazole rings is 1. The first kappa shape index (κ1) is 14.1. The number of benzene rings is 1. The molecule has 1 aliphatic heterocycles. The summed E-state index contributed by atoms with van der Waals surface area (Å²) >= 11 is 0. The predicted molar refractivity (Wildman–Crippen MR) is 93.7 cm³/mol. The summed E-state index contributed by atoms with van der Waals surface area (Å²) in [6.45, 7) is 13.5. The molecule has 2 aromatic rings. The van der Waals surface area contributed by atoms with Crippen molar-refractivity contribution in [3.63, 3.8) is 0 Å². The molecule has 4 nitrogen and oxygen atoms in total. The molecule has 2 N–H and O–H groups in total. The second-order valence-electron chi connectivity index (χ2n) is 6.63. The zero-order valence-electron chi connectivity index (χ0n) is 13.4. The van der Waals surface area contributed by atoms with Crippen LogP contribution in [0.1, 0.15) is 31.5 Å². The Morgan fingerprint density at radius 1 is 1.13 bits per heavy atom. The fraction of sp³-hybridized carbons (Fsp3) is 0.316. The maximum atomic E-state index is 6.23. The molecule has 0 atom stereocenters. The molecule has 1 aromatic heterocycles. The van der Waals surface area contributed by atoms with Crippen molar-refractivity contribution in [2.24, 2.45) is 5.41 Å². The van der Waals surface area contributed by atoms with Crippen LogP contribution in [0, 0.1) is 5.41 Å². The summed E-state index contributed by atoms with van der Waals surface area (Å²) < 4.78 is 1.66. The smallest absolute Gasteiger partial charge is 0.148 e. The molecule has 118 valence electrons. The average Bonchev–Trinajstić information content (AvgIpc) is 3.21. The molecular formula is C19H22N4. The van der Waals surface area contributed by atoms with Crippen LogP contribution < -0.4 is 5.84 Å². The lowest BCUT2D eigenvalue weighted by atomic mass is 9.79. The van der Waals surface area contributed by atoms with Crippen LogP contribution in [0.5, 0.6) is 0 Å². The minimum Gasteiger partial charge on any atom is -0.337 e. The van der Waals surface area contributed by atoms with Gasteiger partial charge in [0, 0.05) is 16.8 Å². The fourth-order valence-electron chi connectivity index (χ4n) is 4.14. The van der Waals surface area contributed by atoms with E-state index in [2.05, 4.69) is 29.6 Å². The average molecular weight is 306 g/mol. The van der Waals surface area contributed by atoms with Gasteiger partial charge in [0.05, 0.1) is 17.6 Å². The first-order chi connectivity index (χ1) is 11.0. The highest BCUT2D eigenvalue weighted by Crippen LogP contribution is 2.57. The van der Waals surface area contributed by atoms with E-state index in [1.54, 1.807) is 4.68 Å². The van der Waals surface area contributed by atoms with Gasteiger partial charge in [-0.25, -0.2) is 9.66 Å². The first-order valence-electron chi connectivity index (χ1n) is 8.11. The Morgan fingerprint density at radius 2 is 1.83 bits per heavy atom. The van der Waals surface area contributed by atoms with E-state index in [1.165, 1.54) is 12.8 Å². The summed E-state index contributed by atoms with van der Waals surface area (Å²) in [5, 5.41) is 0. The minimum atomic E-state index is 0.0164. The molecule has 1 saturated carbocycles. The van der Waals surface area contributed by atoms with Gasteiger partial charge in [0.2, 0.25) is 0 Å². The molecule has 1 aromatic carbocycles. The molecule has 1 spiro atoms. The molecule has 1 aliphatic carbocycles. The first-order valence-corrected chi connectivity index (χ1v) is 8.11. The number of hydrogen-bond donors (Lipinski definition) is 1. The third-order valence-electron chi connectivity index (χ3n) is 5.56. The topological polar surface area (TPSA) is 47.1 Å². The van der Waals surface area contributed by atoms with Crippen molar-refractivity contribution in [2.75, 3.05) is 5.84 Å². The van der Waals surface area contributed by atoms with E-state index in [0.29, 0.717) is 6.54 Å². The molecule has 4 rings (SSSR count). The highest BCUT2D eigenvalue weighted by atomic mass is 15.3. The Morgan fingerprint density at radius 3 is 2.52 bits per heavy atom. The molecule has 0 radical (unpaired) electrons. The number of para-hydroxylation sites is 2. The Bertz CT molecular complexity index is 836. The number of nitrogens with zero attached hydrogens (tertiary/aromatic N) is 3. The van der Waals surface area contributed by atoms with E-state index < -0.39 is 0 Å². The second kappa shape index (κ2) is 4.75. The van der Waals surface area contributed by atoms with Gasteiger partial charge in [0.25, 0.3) is 0 Å². The van der Waals surface area contributed by atoms with Crippen molar-refractivity contribution >= 4 is 11.0 Å². The number of hydrogen-bond acceptors (Lipinski definition) is 3. The largest absolute Gasteiger partial charge is 0.337 e. The molecule has 0 amide bonds. The number of likely N-dealkylation sites (tertiary alicyclic amines) is 1. The van der Waals surface area contributed by atoms with E-state index in [9.17, 15) is 0 Å². The quantitative estimate of drug-likeness (QED) is 0.860. The fourth-order valence-corrected chi connectivity index (χ4v) is 4.14. The second-order valence-corrected chi connectivity index (χ2v) is 6.63. The number of aromatic nitrogens is 2. The van der Waals surface area contributed by atoms with Gasteiger partial charge in [-0.2, -0.15) is 0 Å². The van der Waals surface area contributed by atoms with E-state index >= 15 is 0 Å². The van der Waals surface area contributed by atoms with Crippen LogP contribution in [0.15, 0.2) is 61.0 Å². The van der Waals surface area contributed by atoms with Crippen LogP contribution in [0.25, 0.3) is 11.0 Å². The Labute approximate surface area is 136 Å². The van der Waals surface area contributed by atoms with E-state index in [-0.39, 0.29) is 5.41 Å². The van der Waals surface area contributed by atoms with Crippen LogP contribution in [-0.2, 0) is 6.54 Å². The van der Waals surface area contributed by atoms with Crippen molar-refractivity contribution in [1.29, 1.82) is 0 Å². The minimum absolute atomic E-state index is 0.0164. The number of allylic oxidation sites excluding steroid dienone is 2. The third-order valence-corrected chi connectivity index (χ3v) is 5.56. The summed E-state index contributed by atoms with van der Waals surface area (Å²) in [6.07, 6.45) is 4.71. The molecule has 0 bridgehead atoms. The summed E-state index contributed by atoms with van der Waals surface area (Å²) in [4.78, 5) is 6.82. The molecule has 2 aliphatic rings. The molecule has 23 heavy (non-hydrogen) atoms. The lowest BCUT2D eigenvalue weighted by molar-refractivity contribution is 0.365. The van der Waals surface area contributed by atoms with Gasteiger partial charge < -0.3 is 10.7 Å². The number of rotatable bonds is 2. The standard InChI is InChI=1S/C19H22N4/c1-13-14(2)22(15(3)19(13)10-6-7-11-19)12-18-21-16-8-4-5-9-17(16)23(18)20/h4-5,8-9H,1-3,6-7,10-12,20H2. The lowest BCUT2D eigenvalue weighted by Crippen LogP contribution is -2.24. The van der Waals surface area contributed by atoms with Gasteiger partial charge >= 0.3 is 0 Å². The number of nitrogens with two attached hydrogens (primary N) is 1. The highest BCUT2D eigenvalue weighted by Gasteiger charge is 2.48. The molecule has 2 fully saturated rings. The van der Waals surface area contributed by atoms with Gasteiger partial charge in [-0.3, -0.25) is 0 Å². The van der Waals surface area contributed by atoms with Gasteiger partial charge in [-0.1, -0.05) is 44.7 Å². The molecule has 4 heteroatoms. The normalized spacial score (nSPS) is 20.3. The van der Waals surface area contributed by atoms with Crippen LogP contribution in [0.2, 0.25) is 0 Å². The highest BCUT2D eigenvalue weighted by molar-refractivity contribution is 5.75. The Hall–Kier alpha value is -2.49. The van der Waals surface area contributed by atoms with Gasteiger partial charge in [-0.05, 0) is 30.5 Å². The van der Waals surface area contributed by atoms with Crippen LogP contribution in [0.3, 0.4) is 0 Å². The van der Waals surface area contributed by atoms with Gasteiger partial charge in [0.15, 0.2) is 0 Å². The van der Waals surface area contributed by atoms with E-state index in [0.717, 1.165) is 46.7 Å². The molecule has 1 saturated heterocycles. The van der Waals surface area contributed by atoms with Gasteiger partial charge in [-0.15, -0.1) is 0 Å². The van der Waals surface area contributed by atoms with Crippen molar-refractivity contribution in [3.8, 4) is 0 Å². The summed E-state index contributed by atoms with van der Waals surface area (Å²) in [5.74, 6) is 7.05.